The maximum Gasteiger partial charge on any atom is 0.380 e. The summed E-state index contributed by atoms with van der Waals surface area (Å²) in [6.45, 7) is 0. The van der Waals surface area contributed by atoms with Crippen LogP contribution in [0.3, 0.4) is 0 Å². The predicted molar refractivity (Wildman–Crippen MR) is 57.6 cm³/mol. The molecule has 1 atom stereocenters. The van der Waals surface area contributed by atoms with Crippen LogP contribution in [0.15, 0.2) is 30.3 Å². The Morgan fingerprint density at radius 2 is 1.81 bits per heavy atom. The van der Waals surface area contributed by atoms with Crippen molar-refractivity contribution in [3.8, 4) is 6.07 Å². The number of hydrogen-bond donors (Lipinski definition) is 1. The van der Waals surface area contributed by atoms with Gasteiger partial charge in [-0.15, -0.1) is 0 Å². The van der Waals surface area contributed by atoms with Crippen molar-refractivity contribution in [3.05, 3.63) is 35.9 Å². The van der Waals surface area contributed by atoms with E-state index < -0.39 is 12.9 Å². The maximum absolute atomic E-state index is 12.1. The highest BCUT2D eigenvalue weighted by Gasteiger charge is 2.51. The van der Waals surface area contributed by atoms with Crippen LogP contribution < -0.4 is 0 Å². The zero-order valence-corrected chi connectivity index (χ0v) is 9.85. The van der Waals surface area contributed by atoms with Gasteiger partial charge in [0.15, 0.2) is 0 Å². The lowest BCUT2D eigenvalue weighted by molar-refractivity contribution is 0.124. The van der Waals surface area contributed by atoms with Gasteiger partial charge >= 0.3 is 7.60 Å². The van der Waals surface area contributed by atoms with Crippen LogP contribution >= 0.6 is 7.60 Å². The van der Waals surface area contributed by atoms with Gasteiger partial charge in [0.2, 0.25) is 0 Å². The third-order valence-corrected chi connectivity index (χ3v) is 4.32. The summed E-state index contributed by atoms with van der Waals surface area (Å²) in [5.41, 5.74) is 0.171. The van der Waals surface area contributed by atoms with Crippen molar-refractivity contribution in [2.24, 2.45) is 0 Å². The van der Waals surface area contributed by atoms with Crippen molar-refractivity contribution >= 4 is 7.60 Å². The van der Waals surface area contributed by atoms with Crippen molar-refractivity contribution in [2.75, 3.05) is 14.2 Å². The van der Waals surface area contributed by atoms with E-state index in [-0.39, 0.29) is 5.56 Å². The van der Waals surface area contributed by atoms with E-state index in [9.17, 15) is 9.67 Å². The van der Waals surface area contributed by atoms with E-state index in [1.165, 1.54) is 12.1 Å². The standard InChI is InChI=1S/C10H12NO4P/c1-14-16(13,15-2)10(12,8-11)9-6-4-3-5-7-9/h3-7,12H,1-2H3/t10-/m1/s1. The minimum absolute atomic E-state index is 0.171. The van der Waals surface area contributed by atoms with Crippen molar-refractivity contribution in [3.63, 3.8) is 0 Å². The number of rotatable bonds is 4. The Kier molecular flexibility index (Phi) is 3.84. The number of nitriles is 1. The first kappa shape index (κ1) is 12.9. The summed E-state index contributed by atoms with van der Waals surface area (Å²) in [4.78, 5) is 0. The molecule has 6 heteroatoms. The molecule has 0 aliphatic carbocycles. The van der Waals surface area contributed by atoms with Gasteiger partial charge < -0.3 is 14.2 Å². The fourth-order valence-electron chi connectivity index (χ4n) is 1.29. The van der Waals surface area contributed by atoms with Crippen molar-refractivity contribution < 1.29 is 18.7 Å². The third-order valence-electron chi connectivity index (χ3n) is 2.21. The Morgan fingerprint density at radius 3 is 2.19 bits per heavy atom. The second-order valence-electron chi connectivity index (χ2n) is 3.01. The second kappa shape index (κ2) is 4.77. The lowest BCUT2D eigenvalue weighted by atomic mass is 10.1. The molecule has 0 radical (unpaired) electrons. The van der Waals surface area contributed by atoms with Crippen molar-refractivity contribution in [1.82, 2.24) is 0 Å². The van der Waals surface area contributed by atoms with Crippen LogP contribution in [0.5, 0.6) is 0 Å². The molecule has 0 aliphatic rings. The molecule has 0 aromatic heterocycles. The molecule has 16 heavy (non-hydrogen) atoms. The zero-order chi connectivity index (χ0) is 12.2. The molecule has 1 N–H and O–H groups in total. The summed E-state index contributed by atoms with van der Waals surface area (Å²) < 4.78 is 21.4. The van der Waals surface area contributed by atoms with E-state index >= 15 is 0 Å². The van der Waals surface area contributed by atoms with Crippen LogP contribution in [-0.4, -0.2) is 19.3 Å². The van der Waals surface area contributed by atoms with E-state index in [1.54, 1.807) is 24.3 Å². The second-order valence-corrected chi connectivity index (χ2v) is 5.39. The molecule has 0 saturated heterocycles. The lowest BCUT2D eigenvalue weighted by Crippen LogP contribution is -2.25. The molecule has 5 nitrogen and oxygen atoms in total. The zero-order valence-electron chi connectivity index (χ0n) is 8.95. The molecular weight excluding hydrogens is 229 g/mol. The fraction of sp³-hybridized carbons (Fsp3) is 0.300. The third kappa shape index (κ3) is 1.89. The van der Waals surface area contributed by atoms with E-state index in [4.69, 9.17) is 5.26 Å². The average Bonchev–Trinajstić information content (AvgIpc) is 2.37. The van der Waals surface area contributed by atoms with Gasteiger partial charge in [-0.1, -0.05) is 30.3 Å². The molecule has 1 aromatic carbocycles. The molecule has 0 spiro atoms. The molecule has 1 aromatic rings. The summed E-state index contributed by atoms with van der Waals surface area (Å²) >= 11 is 0. The molecule has 0 bridgehead atoms. The van der Waals surface area contributed by atoms with Crippen LogP contribution in [0.4, 0.5) is 0 Å². The minimum Gasteiger partial charge on any atom is -0.362 e. The first-order valence-corrected chi connectivity index (χ1v) is 5.99. The lowest BCUT2D eigenvalue weighted by Gasteiger charge is -2.27. The van der Waals surface area contributed by atoms with Crippen molar-refractivity contribution in [1.29, 1.82) is 5.26 Å². The predicted octanol–water partition coefficient (Wildman–Crippen LogP) is 1.84. The normalized spacial score (nSPS) is 15.1. The summed E-state index contributed by atoms with van der Waals surface area (Å²) in [5.74, 6) is 0. The smallest absolute Gasteiger partial charge is 0.362 e. The molecule has 0 amide bonds. The minimum atomic E-state index is -3.93. The van der Waals surface area contributed by atoms with Crippen LogP contribution in [0.2, 0.25) is 0 Å². The van der Waals surface area contributed by atoms with Gasteiger partial charge in [0.05, 0.1) is 0 Å². The molecule has 0 aliphatic heterocycles. The Bertz CT molecular complexity index is 434. The Labute approximate surface area is 93.8 Å². The van der Waals surface area contributed by atoms with Crippen LogP contribution in [0.1, 0.15) is 5.56 Å². The van der Waals surface area contributed by atoms with E-state index in [0.29, 0.717) is 0 Å². The largest absolute Gasteiger partial charge is 0.380 e. The fourth-order valence-corrected chi connectivity index (χ4v) is 2.56. The van der Waals surface area contributed by atoms with Crippen LogP contribution in [0, 0.1) is 11.3 Å². The van der Waals surface area contributed by atoms with E-state index in [1.807, 2.05) is 0 Å². The Balaban J connectivity index is 3.35. The highest BCUT2D eigenvalue weighted by molar-refractivity contribution is 7.55. The first-order valence-electron chi connectivity index (χ1n) is 4.45. The van der Waals surface area contributed by atoms with Gasteiger partial charge in [-0.25, -0.2) is 0 Å². The highest BCUT2D eigenvalue weighted by atomic mass is 31.2. The Morgan fingerprint density at radius 1 is 1.31 bits per heavy atom. The quantitative estimate of drug-likeness (QED) is 0.642. The summed E-state index contributed by atoms with van der Waals surface area (Å²) in [7, 11) is -1.69. The number of nitrogens with zero attached hydrogens (tertiary/aromatic N) is 1. The summed E-state index contributed by atoms with van der Waals surface area (Å²) in [6, 6.07) is 9.49. The number of hydrogen-bond acceptors (Lipinski definition) is 5. The molecule has 0 saturated carbocycles. The van der Waals surface area contributed by atoms with Gasteiger partial charge in [0, 0.05) is 19.8 Å². The molecule has 1 rings (SSSR count). The van der Waals surface area contributed by atoms with Crippen LogP contribution in [-0.2, 0) is 19.0 Å². The molecule has 0 fully saturated rings. The first-order chi connectivity index (χ1) is 7.54. The van der Waals surface area contributed by atoms with Gasteiger partial charge in [0.1, 0.15) is 6.07 Å². The number of aliphatic hydroxyl groups is 1. The van der Waals surface area contributed by atoms with Gasteiger partial charge in [-0.3, -0.25) is 4.57 Å². The molecule has 0 heterocycles. The molecule has 86 valence electrons. The van der Waals surface area contributed by atoms with Crippen molar-refractivity contribution in [2.45, 2.75) is 5.34 Å². The summed E-state index contributed by atoms with van der Waals surface area (Å²) in [5, 5.41) is 16.8. The Hall–Kier alpha value is -1.18. The van der Waals surface area contributed by atoms with Gasteiger partial charge in [0.25, 0.3) is 5.34 Å². The monoisotopic (exact) mass is 241 g/mol. The highest BCUT2D eigenvalue weighted by Crippen LogP contribution is 2.62. The topological polar surface area (TPSA) is 79.6 Å². The van der Waals surface area contributed by atoms with Crippen LogP contribution in [0.25, 0.3) is 0 Å². The number of benzene rings is 1. The van der Waals surface area contributed by atoms with E-state index in [2.05, 4.69) is 9.05 Å². The summed E-state index contributed by atoms with van der Waals surface area (Å²) in [6.07, 6.45) is 0. The molecule has 0 unspecified atom stereocenters. The molecular formula is C10H12NO4P. The van der Waals surface area contributed by atoms with E-state index in [0.717, 1.165) is 14.2 Å². The SMILES string of the molecule is COP(=O)(OC)[C@](O)(C#N)c1ccccc1. The van der Waals surface area contributed by atoms with Gasteiger partial charge in [-0.2, -0.15) is 5.26 Å². The maximum atomic E-state index is 12.1. The average molecular weight is 241 g/mol. The van der Waals surface area contributed by atoms with Gasteiger partial charge in [-0.05, 0) is 0 Å².